The van der Waals surface area contributed by atoms with Crippen LogP contribution in [-0.4, -0.2) is 44.5 Å². The molecule has 1 N–H and O–H groups in total. The van der Waals surface area contributed by atoms with Gasteiger partial charge >= 0.3 is 6.03 Å². The molecule has 2 aliphatic heterocycles. The molecule has 0 radical (unpaired) electrons. The topological polar surface area (TPSA) is 91.6 Å². The van der Waals surface area contributed by atoms with Gasteiger partial charge in [-0.3, -0.25) is 4.79 Å². The minimum absolute atomic E-state index is 0.135. The van der Waals surface area contributed by atoms with Crippen LogP contribution in [0.4, 0.5) is 10.5 Å². The fourth-order valence-corrected chi connectivity index (χ4v) is 4.06. The van der Waals surface area contributed by atoms with E-state index in [4.69, 9.17) is 4.52 Å². The zero-order chi connectivity index (χ0) is 19.7. The first-order valence-corrected chi connectivity index (χ1v) is 9.84. The summed E-state index contributed by atoms with van der Waals surface area (Å²) in [5, 5.41) is 6.85. The molecule has 28 heavy (non-hydrogen) atoms. The second-order valence-corrected chi connectivity index (χ2v) is 7.39. The van der Waals surface area contributed by atoms with Gasteiger partial charge in [-0.1, -0.05) is 36.7 Å². The van der Waals surface area contributed by atoms with Crippen molar-refractivity contribution in [3.63, 3.8) is 0 Å². The molecule has 0 spiro atoms. The van der Waals surface area contributed by atoms with Crippen molar-refractivity contribution in [2.24, 2.45) is 0 Å². The molecule has 0 aliphatic carbocycles. The van der Waals surface area contributed by atoms with Crippen LogP contribution in [0.25, 0.3) is 0 Å². The Morgan fingerprint density at radius 2 is 2.14 bits per heavy atom. The van der Waals surface area contributed by atoms with Crippen LogP contribution < -0.4 is 5.32 Å². The molecule has 8 nitrogen and oxygen atoms in total. The number of hydrogen-bond acceptors (Lipinski definition) is 5. The molecular weight excluding hydrogens is 358 g/mol. The van der Waals surface area contributed by atoms with Crippen molar-refractivity contribution in [3.05, 3.63) is 41.5 Å². The average molecular weight is 383 g/mol. The number of nitrogens with one attached hydrogen (secondary N) is 1. The highest BCUT2D eigenvalue weighted by molar-refractivity contribution is 5.98. The number of amides is 3. The van der Waals surface area contributed by atoms with Crippen LogP contribution in [-0.2, 0) is 11.3 Å². The molecule has 1 aromatic carbocycles. The van der Waals surface area contributed by atoms with Crippen LogP contribution in [0.3, 0.4) is 0 Å². The number of urea groups is 1. The largest absolute Gasteiger partial charge is 0.337 e. The summed E-state index contributed by atoms with van der Waals surface area (Å²) in [4.78, 5) is 34.3. The highest BCUT2D eigenvalue weighted by Gasteiger charge is 2.40. The van der Waals surface area contributed by atoms with E-state index in [-0.39, 0.29) is 18.0 Å². The molecule has 3 heterocycles. The van der Waals surface area contributed by atoms with Crippen LogP contribution in [0.1, 0.15) is 55.9 Å². The summed E-state index contributed by atoms with van der Waals surface area (Å²) in [6.07, 6.45) is 3.07. The quantitative estimate of drug-likeness (QED) is 0.878. The Labute approximate surface area is 163 Å². The molecule has 0 saturated carbocycles. The van der Waals surface area contributed by atoms with E-state index < -0.39 is 6.04 Å². The van der Waals surface area contributed by atoms with Crippen LogP contribution in [0, 0.1) is 6.92 Å². The van der Waals surface area contributed by atoms with Crippen molar-refractivity contribution in [3.8, 4) is 0 Å². The van der Waals surface area contributed by atoms with Gasteiger partial charge in [0.05, 0.1) is 6.54 Å². The normalized spacial score (nSPS) is 22.0. The summed E-state index contributed by atoms with van der Waals surface area (Å²) in [6, 6.07) is 6.75. The first-order valence-electron chi connectivity index (χ1n) is 9.84. The monoisotopic (exact) mass is 383 g/mol. The molecule has 2 aliphatic rings. The van der Waals surface area contributed by atoms with Gasteiger partial charge in [0, 0.05) is 12.2 Å². The van der Waals surface area contributed by atoms with E-state index in [1.54, 1.807) is 16.7 Å². The van der Waals surface area contributed by atoms with Gasteiger partial charge in [0.2, 0.25) is 11.8 Å². The van der Waals surface area contributed by atoms with Crippen molar-refractivity contribution in [1.82, 2.24) is 19.9 Å². The van der Waals surface area contributed by atoms with Crippen LogP contribution in [0.5, 0.6) is 0 Å². The number of hydrogen-bond donors (Lipinski definition) is 1. The fourth-order valence-electron chi connectivity index (χ4n) is 4.06. The number of aromatic nitrogens is 2. The minimum atomic E-state index is -0.504. The minimum Gasteiger partial charge on any atom is -0.337 e. The number of carbonyl (C=O) groups is 2. The Hall–Kier alpha value is -2.90. The number of anilines is 1. The Balaban J connectivity index is 1.65. The SMILES string of the molecule is CCC[C@H]1C(=O)Nc2ccccc2CN1C(=O)N1CCCC1c1nc(C)no1. The Bertz CT molecular complexity index is 880. The first kappa shape index (κ1) is 18.5. The number of aryl methyl sites for hydroxylation is 1. The van der Waals surface area contributed by atoms with Crippen molar-refractivity contribution in [1.29, 1.82) is 0 Å². The summed E-state index contributed by atoms with van der Waals surface area (Å²) in [5.74, 6) is 0.890. The lowest BCUT2D eigenvalue weighted by Crippen LogP contribution is -2.50. The van der Waals surface area contributed by atoms with Gasteiger partial charge < -0.3 is 19.6 Å². The molecule has 1 aromatic heterocycles. The van der Waals surface area contributed by atoms with E-state index in [1.165, 1.54) is 0 Å². The number of likely N-dealkylation sites (tertiary alicyclic amines) is 1. The molecule has 1 unspecified atom stereocenters. The second kappa shape index (κ2) is 7.61. The van der Waals surface area contributed by atoms with Gasteiger partial charge in [-0.15, -0.1) is 0 Å². The first-order chi connectivity index (χ1) is 13.6. The van der Waals surface area contributed by atoms with Gasteiger partial charge in [0.25, 0.3) is 0 Å². The van der Waals surface area contributed by atoms with E-state index in [0.717, 1.165) is 30.5 Å². The number of nitrogens with zero attached hydrogens (tertiary/aromatic N) is 4. The van der Waals surface area contributed by atoms with E-state index in [0.29, 0.717) is 31.2 Å². The van der Waals surface area contributed by atoms with Gasteiger partial charge in [-0.2, -0.15) is 4.98 Å². The maximum atomic E-state index is 13.6. The molecular formula is C20H25N5O3. The third kappa shape index (κ3) is 3.34. The zero-order valence-corrected chi connectivity index (χ0v) is 16.2. The molecule has 1 saturated heterocycles. The third-order valence-electron chi connectivity index (χ3n) is 5.43. The maximum Gasteiger partial charge on any atom is 0.321 e. The Morgan fingerprint density at radius 3 is 2.89 bits per heavy atom. The Morgan fingerprint density at radius 1 is 1.32 bits per heavy atom. The standard InChI is InChI=1S/C20H25N5O3/c1-3-7-16-18(26)22-15-9-5-4-8-14(15)12-25(16)20(27)24-11-6-10-17(24)19-21-13(2)23-28-19/h4-5,8-9,16-17H,3,6-7,10-12H2,1-2H3,(H,22,26)/t16-,17?/m0/s1. The molecule has 4 rings (SSSR count). The summed E-state index contributed by atoms with van der Waals surface area (Å²) >= 11 is 0. The van der Waals surface area contributed by atoms with Crippen LogP contribution in [0.2, 0.25) is 0 Å². The predicted octanol–water partition coefficient (Wildman–Crippen LogP) is 3.26. The maximum absolute atomic E-state index is 13.6. The summed E-state index contributed by atoms with van der Waals surface area (Å²) in [5.41, 5.74) is 1.71. The lowest BCUT2D eigenvalue weighted by Gasteiger charge is -2.34. The van der Waals surface area contributed by atoms with Gasteiger partial charge in [-0.05, 0) is 37.8 Å². The highest BCUT2D eigenvalue weighted by atomic mass is 16.5. The van der Waals surface area contributed by atoms with Gasteiger partial charge in [0.15, 0.2) is 5.82 Å². The zero-order valence-electron chi connectivity index (χ0n) is 16.2. The molecule has 2 aromatic rings. The molecule has 1 fully saturated rings. The van der Waals surface area contributed by atoms with E-state index in [1.807, 2.05) is 31.2 Å². The third-order valence-corrected chi connectivity index (χ3v) is 5.43. The van der Waals surface area contributed by atoms with E-state index in [9.17, 15) is 9.59 Å². The number of para-hydroxylation sites is 1. The van der Waals surface area contributed by atoms with Crippen molar-refractivity contribution < 1.29 is 14.1 Å². The van der Waals surface area contributed by atoms with Crippen LogP contribution in [0.15, 0.2) is 28.8 Å². The van der Waals surface area contributed by atoms with Crippen molar-refractivity contribution in [2.45, 2.75) is 58.2 Å². The lowest BCUT2D eigenvalue weighted by molar-refractivity contribution is -0.120. The molecule has 8 heteroatoms. The lowest BCUT2D eigenvalue weighted by atomic mass is 10.1. The summed E-state index contributed by atoms with van der Waals surface area (Å²) in [7, 11) is 0. The molecule has 2 atom stereocenters. The smallest absolute Gasteiger partial charge is 0.321 e. The molecule has 148 valence electrons. The number of benzene rings is 1. The van der Waals surface area contributed by atoms with E-state index in [2.05, 4.69) is 15.5 Å². The number of fused-ring (bicyclic) bond motifs is 1. The molecule has 3 amide bonds. The van der Waals surface area contributed by atoms with Gasteiger partial charge in [0.1, 0.15) is 12.1 Å². The van der Waals surface area contributed by atoms with Crippen molar-refractivity contribution in [2.75, 3.05) is 11.9 Å². The second-order valence-electron chi connectivity index (χ2n) is 7.39. The van der Waals surface area contributed by atoms with Crippen LogP contribution >= 0.6 is 0 Å². The van der Waals surface area contributed by atoms with Crippen molar-refractivity contribution >= 4 is 17.6 Å². The number of rotatable bonds is 3. The summed E-state index contributed by atoms with van der Waals surface area (Å²) in [6.45, 7) is 4.79. The van der Waals surface area contributed by atoms with E-state index >= 15 is 0 Å². The average Bonchev–Trinajstić information content (AvgIpc) is 3.31. The summed E-state index contributed by atoms with van der Waals surface area (Å²) < 4.78 is 5.34. The Kier molecular flexibility index (Phi) is 5.02. The molecule has 0 bridgehead atoms. The highest BCUT2D eigenvalue weighted by Crippen LogP contribution is 2.34. The number of carbonyl (C=O) groups excluding carboxylic acids is 2. The fraction of sp³-hybridized carbons (Fsp3) is 0.500. The predicted molar refractivity (Wildman–Crippen MR) is 102 cm³/mol. The van der Waals surface area contributed by atoms with Gasteiger partial charge in [-0.25, -0.2) is 4.79 Å².